The number of urea groups is 1. The van der Waals surface area contributed by atoms with Crippen LogP contribution in [0.1, 0.15) is 50.5 Å². The number of carbonyl (C=O) groups is 1. The van der Waals surface area contributed by atoms with Gasteiger partial charge >= 0.3 is 6.03 Å². The fourth-order valence-corrected chi connectivity index (χ4v) is 3.40. The van der Waals surface area contributed by atoms with Gasteiger partial charge in [-0.05, 0) is 43.7 Å². The zero-order valence-corrected chi connectivity index (χ0v) is 12.1. The lowest BCUT2D eigenvalue weighted by Crippen LogP contribution is -2.46. The lowest BCUT2D eigenvalue weighted by Gasteiger charge is -2.28. The number of nitrogens with one attached hydrogen (secondary N) is 1. The number of aryl methyl sites for hydroxylation is 1. The predicted octanol–water partition coefficient (Wildman–Crippen LogP) is 3.87. The van der Waals surface area contributed by atoms with Crippen LogP contribution in [0.3, 0.4) is 0 Å². The SMILES string of the molecule is O=C(NC1CCCCC1)N1CCCCc2ccccc21. The highest BCUT2D eigenvalue weighted by molar-refractivity contribution is 5.93. The number of para-hydroxylation sites is 1. The van der Waals surface area contributed by atoms with Crippen molar-refractivity contribution in [3.05, 3.63) is 29.8 Å². The van der Waals surface area contributed by atoms with E-state index in [0.29, 0.717) is 6.04 Å². The molecule has 3 nitrogen and oxygen atoms in total. The van der Waals surface area contributed by atoms with Crippen LogP contribution in [0.25, 0.3) is 0 Å². The molecular formula is C17H24N2O. The number of amides is 2. The number of nitrogens with zero attached hydrogens (tertiary/aromatic N) is 1. The van der Waals surface area contributed by atoms with Gasteiger partial charge in [0.1, 0.15) is 0 Å². The van der Waals surface area contributed by atoms with E-state index in [1.54, 1.807) is 0 Å². The quantitative estimate of drug-likeness (QED) is 0.827. The topological polar surface area (TPSA) is 32.3 Å². The van der Waals surface area contributed by atoms with Crippen LogP contribution in [0.4, 0.5) is 10.5 Å². The second-order valence-electron chi connectivity index (χ2n) is 6.02. The molecule has 0 atom stereocenters. The van der Waals surface area contributed by atoms with E-state index in [2.05, 4.69) is 23.5 Å². The van der Waals surface area contributed by atoms with Crippen LogP contribution in [-0.2, 0) is 6.42 Å². The van der Waals surface area contributed by atoms with Crippen LogP contribution >= 0.6 is 0 Å². The molecule has 1 aliphatic carbocycles. The maximum Gasteiger partial charge on any atom is 0.322 e. The summed E-state index contributed by atoms with van der Waals surface area (Å²) in [5.41, 5.74) is 2.42. The molecule has 0 unspecified atom stereocenters. The van der Waals surface area contributed by atoms with Gasteiger partial charge in [-0.2, -0.15) is 0 Å². The molecule has 1 aromatic carbocycles. The molecule has 1 aromatic rings. The maximum absolute atomic E-state index is 12.6. The number of benzene rings is 1. The predicted molar refractivity (Wildman–Crippen MR) is 82.1 cm³/mol. The first-order valence-electron chi connectivity index (χ1n) is 8.00. The van der Waals surface area contributed by atoms with E-state index < -0.39 is 0 Å². The number of anilines is 1. The Labute approximate surface area is 121 Å². The molecule has 0 saturated heterocycles. The lowest BCUT2D eigenvalue weighted by atomic mass is 9.96. The standard InChI is InChI=1S/C17H24N2O/c20-17(18-15-10-2-1-3-11-15)19-13-7-6-9-14-8-4-5-12-16(14)19/h4-5,8,12,15H,1-3,6-7,9-11,13H2,(H,18,20). The molecule has 108 valence electrons. The first kappa shape index (κ1) is 13.5. The summed E-state index contributed by atoms with van der Waals surface area (Å²) in [6.45, 7) is 0.843. The van der Waals surface area contributed by atoms with E-state index in [4.69, 9.17) is 0 Å². The molecule has 20 heavy (non-hydrogen) atoms. The van der Waals surface area contributed by atoms with Gasteiger partial charge in [0.15, 0.2) is 0 Å². The van der Waals surface area contributed by atoms with Gasteiger partial charge in [-0.1, -0.05) is 37.5 Å². The van der Waals surface area contributed by atoms with Crippen molar-refractivity contribution in [2.45, 2.75) is 57.4 Å². The highest BCUT2D eigenvalue weighted by atomic mass is 16.2. The number of hydrogen-bond acceptors (Lipinski definition) is 1. The zero-order chi connectivity index (χ0) is 13.8. The van der Waals surface area contributed by atoms with Crippen molar-refractivity contribution in [1.82, 2.24) is 5.32 Å². The number of carbonyl (C=O) groups excluding carboxylic acids is 1. The molecule has 0 bridgehead atoms. The highest BCUT2D eigenvalue weighted by Gasteiger charge is 2.23. The molecule has 1 aliphatic heterocycles. The molecule has 3 rings (SSSR count). The molecule has 0 radical (unpaired) electrons. The van der Waals surface area contributed by atoms with Gasteiger partial charge in [-0.3, -0.25) is 4.90 Å². The van der Waals surface area contributed by atoms with Gasteiger partial charge in [-0.15, -0.1) is 0 Å². The molecule has 2 aliphatic rings. The molecule has 0 aromatic heterocycles. The third-order valence-electron chi connectivity index (χ3n) is 4.54. The highest BCUT2D eigenvalue weighted by Crippen LogP contribution is 2.26. The number of fused-ring (bicyclic) bond motifs is 1. The molecule has 0 spiro atoms. The summed E-state index contributed by atoms with van der Waals surface area (Å²) >= 11 is 0. The molecule has 2 amide bonds. The van der Waals surface area contributed by atoms with Gasteiger partial charge in [0.2, 0.25) is 0 Å². The van der Waals surface area contributed by atoms with Gasteiger partial charge in [0.25, 0.3) is 0 Å². The first-order chi connectivity index (χ1) is 9.84. The molecule has 1 fully saturated rings. The third-order valence-corrected chi connectivity index (χ3v) is 4.54. The Morgan fingerprint density at radius 3 is 2.70 bits per heavy atom. The van der Waals surface area contributed by atoms with E-state index in [0.717, 1.165) is 37.9 Å². The summed E-state index contributed by atoms with van der Waals surface area (Å²) in [6, 6.07) is 8.83. The van der Waals surface area contributed by atoms with Crippen LogP contribution in [0, 0.1) is 0 Å². The second kappa shape index (κ2) is 6.29. The smallest absolute Gasteiger partial charge is 0.322 e. The fraction of sp³-hybridized carbons (Fsp3) is 0.588. The Balaban J connectivity index is 1.73. The van der Waals surface area contributed by atoms with Crippen LogP contribution in [0.2, 0.25) is 0 Å². The van der Waals surface area contributed by atoms with E-state index in [9.17, 15) is 4.79 Å². The maximum atomic E-state index is 12.6. The summed E-state index contributed by atoms with van der Waals surface area (Å²) in [6.07, 6.45) is 9.45. The van der Waals surface area contributed by atoms with Gasteiger partial charge < -0.3 is 5.32 Å². The molecule has 1 N–H and O–H groups in total. The van der Waals surface area contributed by atoms with E-state index >= 15 is 0 Å². The van der Waals surface area contributed by atoms with Crippen LogP contribution in [0.15, 0.2) is 24.3 Å². The van der Waals surface area contributed by atoms with Crippen molar-refractivity contribution in [3.63, 3.8) is 0 Å². The minimum atomic E-state index is 0.103. The van der Waals surface area contributed by atoms with E-state index in [1.165, 1.54) is 31.2 Å². The minimum Gasteiger partial charge on any atom is -0.335 e. The van der Waals surface area contributed by atoms with Crippen molar-refractivity contribution in [2.24, 2.45) is 0 Å². The summed E-state index contributed by atoms with van der Waals surface area (Å²) in [5.74, 6) is 0. The average molecular weight is 272 g/mol. The van der Waals surface area contributed by atoms with Gasteiger partial charge in [-0.25, -0.2) is 4.79 Å². The van der Waals surface area contributed by atoms with Crippen molar-refractivity contribution in [1.29, 1.82) is 0 Å². The first-order valence-corrected chi connectivity index (χ1v) is 8.00. The minimum absolute atomic E-state index is 0.103. The summed E-state index contributed by atoms with van der Waals surface area (Å²) in [5, 5.41) is 3.24. The fourth-order valence-electron chi connectivity index (χ4n) is 3.40. The van der Waals surface area contributed by atoms with Crippen molar-refractivity contribution >= 4 is 11.7 Å². The van der Waals surface area contributed by atoms with Crippen molar-refractivity contribution in [2.75, 3.05) is 11.4 Å². The van der Waals surface area contributed by atoms with Gasteiger partial charge in [0, 0.05) is 18.3 Å². The Morgan fingerprint density at radius 1 is 1.05 bits per heavy atom. The molecule has 1 saturated carbocycles. The summed E-state index contributed by atoms with van der Waals surface area (Å²) < 4.78 is 0. The van der Waals surface area contributed by atoms with E-state index in [-0.39, 0.29) is 6.03 Å². The Bertz CT molecular complexity index is 466. The molecule has 1 heterocycles. The second-order valence-corrected chi connectivity index (χ2v) is 6.02. The summed E-state index contributed by atoms with van der Waals surface area (Å²) in [4.78, 5) is 14.6. The van der Waals surface area contributed by atoms with Crippen molar-refractivity contribution < 1.29 is 4.79 Å². The van der Waals surface area contributed by atoms with Crippen LogP contribution in [0.5, 0.6) is 0 Å². The monoisotopic (exact) mass is 272 g/mol. The summed E-state index contributed by atoms with van der Waals surface area (Å²) in [7, 11) is 0. The largest absolute Gasteiger partial charge is 0.335 e. The average Bonchev–Trinajstić information content (AvgIpc) is 2.70. The Hall–Kier alpha value is -1.51. The molecular weight excluding hydrogens is 248 g/mol. The molecule has 3 heteroatoms. The normalized spacial score (nSPS) is 20.1. The Kier molecular flexibility index (Phi) is 4.24. The zero-order valence-electron chi connectivity index (χ0n) is 12.1. The number of hydrogen-bond donors (Lipinski definition) is 1. The Morgan fingerprint density at radius 2 is 1.85 bits per heavy atom. The van der Waals surface area contributed by atoms with Gasteiger partial charge in [0.05, 0.1) is 0 Å². The third kappa shape index (κ3) is 2.97. The van der Waals surface area contributed by atoms with Crippen LogP contribution < -0.4 is 10.2 Å². The van der Waals surface area contributed by atoms with Crippen LogP contribution in [-0.4, -0.2) is 18.6 Å². The van der Waals surface area contributed by atoms with E-state index in [1.807, 2.05) is 11.0 Å². The lowest BCUT2D eigenvalue weighted by molar-refractivity contribution is 0.238. The number of rotatable bonds is 1. The van der Waals surface area contributed by atoms with Crippen molar-refractivity contribution in [3.8, 4) is 0 Å².